The van der Waals surface area contributed by atoms with E-state index in [1.807, 2.05) is 42.5 Å². The van der Waals surface area contributed by atoms with Crippen LogP contribution in [0.1, 0.15) is 22.7 Å². The van der Waals surface area contributed by atoms with Crippen LogP contribution in [0.3, 0.4) is 0 Å². The number of hydrogen-bond acceptors (Lipinski definition) is 6. The number of amides is 1. The Kier molecular flexibility index (Phi) is 6.31. The number of para-hydroxylation sites is 2. The molecule has 2 N–H and O–H groups in total. The van der Waals surface area contributed by atoms with Gasteiger partial charge in [-0.05, 0) is 29.8 Å². The second-order valence-corrected chi connectivity index (χ2v) is 8.60. The zero-order valence-corrected chi connectivity index (χ0v) is 20.6. The zero-order chi connectivity index (χ0) is 26.1. The number of rotatable bonds is 7. The van der Waals surface area contributed by atoms with Crippen LogP contribution in [0.25, 0.3) is 16.7 Å². The fraction of sp³-hybridized carbons (Fsp3) is 0.172. The van der Waals surface area contributed by atoms with Crippen LogP contribution in [0, 0.1) is 0 Å². The van der Waals surface area contributed by atoms with Crippen molar-refractivity contribution in [3.8, 4) is 17.2 Å². The zero-order valence-electron chi connectivity index (χ0n) is 20.6. The Hall–Kier alpha value is -4.72. The van der Waals surface area contributed by atoms with E-state index < -0.39 is 17.7 Å². The second-order valence-electron chi connectivity index (χ2n) is 8.60. The van der Waals surface area contributed by atoms with Gasteiger partial charge in [0.1, 0.15) is 11.5 Å². The van der Waals surface area contributed by atoms with Crippen LogP contribution in [-0.4, -0.2) is 48.0 Å². The van der Waals surface area contributed by atoms with E-state index in [0.717, 1.165) is 16.5 Å². The molecular formula is C29H26N2O6. The number of methoxy groups -OCH3 is 3. The lowest BCUT2D eigenvalue weighted by atomic mass is 9.94. The van der Waals surface area contributed by atoms with Crippen molar-refractivity contribution < 1.29 is 28.9 Å². The van der Waals surface area contributed by atoms with Crippen molar-refractivity contribution in [2.75, 3.05) is 21.3 Å². The average Bonchev–Trinajstić information content (AvgIpc) is 3.47. The van der Waals surface area contributed by atoms with E-state index in [-0.39, 0.29) is 17.9 Å². The van der Waals surface area contributed by atoms with E-state index in [1.54, 1.807) is 37.6 Å². The van der Waals surface area contributed by atoms with E-state index in [9.17, 15) is 14.7 Å². The highest BCUT2D eigenvalue weighted by molar-refractivity contribution is 6.46. The number of carbonyl (C=O) groups excluding carboxylic acids is 2. The Balaban J connectivity index is 1.71. The van der Waals surface area contributed by atoms with Crippen LogP contribution in [-0.2, 0) is 16.1 Å². The number of benzene rings is 3. The molecule has 1 amide bonds. The van der Waals surface area contributed by atoms with Crippen LogP contribution in [0.2, 0.25) is 0 Å². The molecule has 1 fully saturated rings. The number of ether oxygens (including phenoxy) is 3. The van der Waals surface area contributed by atoms with Gasteiger partial charge in [-0.15, -0.1) is 0 Å². The summed E-state index contributed by atoms with van der Waals surface area (Å²) >= 11 is 0. The van der Waals surface area contributed by atoms with Crippen molar-refractivity contribution in [3.05, 3.63) is 95.2 Å². The van der Waals surface area contributed by atoms with Gasteiger partial charge in [0.05, 0.1) is 39.5 Å². The number of aromatic nitrogens is 1. The van der Waals surface area contributed by atoms with Crippen molar-refractivity contribution in [3.63, 3.8) is 0 Å². The number of nitrogens with zero attached hydrogens (tertiary/aromatic N) is 1. The first-order chi connectivity index (χ1) is 18.0. The summed E-state index contributed by atoms with van der Waals surface area (Å²) in [6.07, 6.45) is 1.64. The Morgan fingerprint density at radius 3 is 2.35 bits per heavy atom. The number of likely N-dealkylation sites (tertiary alicyclic amines) is 1. The molecule has 1 saturated heterocycles. The predicted octanol–water partition coefficient (Wildman–Crippen LogP) is 4.82. The summed E-state index contributed by atoms with van der Waals surface area (Å²) in [6.45, 7) is 0.0955. The van der Waals surface area contributed by atoms with E-state index in [0.29, 0.717) is 28.4 Å². The molecule has 3 aromatic carbocycles. The predicted molar refractivity (Wildman–Crippen MR) is 139 cm³/mol. The van der Waals surface area contributed by atoms with Crippen LogP contribution >= 0.6 is 0 Å². The highest BCUT2D eigenvalue weighted by Crippen LogP contribution is 2.43. The molecule has 2 heterocycles. The molecule has 1 atom stereocenters. The smallest absolute Gasteiger partial charge is 0.295 e. The molecular weight excluding hydrogens is 472 g/mol. The van der Waals surface area contributed by atoms with Gasteiger partial charge in [0.15, 0.2) is 11.5 Å². The lowest BCUT2D eigenvalue weighted by Gasteiger charge is -2.26. The van der Waals surface area contributed by atoms with Crippen LogP contribution < -0.4 is 14.2 Å². The van der Waals surface area contributed by atoms with Gasteiger partial charge >= 0.3 is 0 Å². The third-order valence-electron chi connectivity index (χ3n) is 6.64. The third kappa shape index (κ3) is 4.06. The molecule has 1 aliphatic heterocycles. The fourth-order valence-electron chi connectivity index (χ4n) is 4.84. The summed E-state index contributed by atoms with van der Waals surface area (Å²) < 4.78 is 16.3. The quantitative estimate of drug-likeness (QED) is 0.215. The minimum Gasteiger partial charge on any atom is -0.507 e. The number of carbonyl (C=O) groups is 2. The molecule has 5 rings (SSSR count). The largest absolute Gasteiger partial charge is 0.507 e. The first kappa shape index (κ1) is 24.0. The molecule has 8 heteroatoms. The molecule has 1 unspecified atom stereocenters. The molecule has 0 spiro atoms. The molecule has 0 radical (unpaired) electrons. The molecule has 37 heavy (non-hydrogen) atoms. The lowest BCUT2D eigenvalue weighted by molar-refractivity contribution is -0.140. The summed E-state index contributed by atoms with van der Waals surface area (Å²) in [5.74, 6) is -0.200. The molecule has 0 bridgehead atoms. The number of Topliss-reactive ketones (excluding diaryl/α,β-unsaturated/α-hetero) is 1. The summed E-state index contributed by atoms with van der Waals surface area (Å²) in [5.41, 5.74) is 2.56. The van der Waals surface area contributed by atoms with Gasteiger partial charge < -0.3 is 29.2 Å². The van der Waals surface area contributed by atoms with Gasteiger partial charge in [-0.2, -0.15) is 0 Å². The maximum absolute atomic E-state index is 13.5. The second kappa shape index (κ2) is 9.73. The highest BCUT2D eigenvalue weighted by atomic mass is 16.5. The van der Waals surface area contributed by atoms with E-state index in [2.05, 4.69) is 4.98 Å². The molecule has 1 aromatic heterocycles. The standard InChI is InChI=1S/C29H26N2O6/c1-35-22-11-7-4-8-18(22)16-31-26(17-12-13-23(36-2)24(14-17)37-3)25(28(33)29(31)34)27(32)20-15-30-21-10-6-5-9-19(20)21/h4-15,26,30,32H,16H2,1-3H3/b27-25-. The summed E-state index contributed by atoms with van der Waals surface area (Å²) in [6, 6.07) is 19.1. The SMILES string of the molecule is COc1ccccc1CN1C(=O)C(=O)/C(=C(\O)c2c[nH]c3ccccc23)C1c1ccc(OC)c(OC)c1. The first-order valence-corrected chi connectivity index (χ1v) is 11.7. The third-order valence-corrected chi connectivity index (χ3v) is 6.64. The summed E-state index contributed by atoms with van der Waals surface area (Å²) in [5, 5.41) is 12.3. The monoisotopic (exact) mass is 498 g/mol. The Morgan fingerprint density at radius 1 is 0.892 bits per heavy atom. The van der Waals surface area contributed by atoms with Crippen molar-refractivity contribution in [1.29, 1.82) is 0 Å². The lowest BCUT2D eigenvalue weighted by Crippen LogP contribution is -2.29. The number of fused-ring (bicyclic) bond motifs is 1. The van der Waals surface area contributed by atoms with E-state index in [4.69, 9.17) is 14.2 Å². The highest BCUT2D eigenvalue weighted by Gasteiger charge is 2.46. The van der Waals surface area contributed by atoms with Crippen molar-refractivity contribution in [1.82, 2.24) is 9.88 Å². The van der Waals surface area contributed by atoms with Gasteiger partial charge in [-0.25, -0.2) is 0 Å². The van der Waals surface area contributed by atoms with Crippen LogP contribution in [0.5, 0.6) is 17.2 Å². The Morgan fingerprint density at radius 2 is 1.59 bits per heavy atom. The number of ketones is 1. The summed E-state index contributed by atoms with van der Waals surface area (Å²) in [7, 11) is 4.59. The average molecular weight is 499 g/mol. The van der Waals surface area contributed by atoms with Crippen molar-refractivity contribution >= 4 is 28.4 Å². The van der Waals surface area contributed by atoms with Gasteiger partial charge in [-0.1, -0.05) is 42.5 Å². The van der Waals surface area contributed by atoms with Crippen LogP contribution in [0.4, 0.5) is 0 Å². The minimum absolute atomic E-state index is 0.00290. The molecule has 188 valence electrons. The topological polar surface area (TPSA) is 101 Å². The van der Waals surface area contributed by atoms with Crippen molar-refractivity contribution in [2.24, 2.45) is 0 Å². The van der Waals surface area contributed by atoms with Gasteiger partial charge in [0, 0.05) is 28.2 Å². The Bertz CT molecular complexity index is 1540. The fourth-order valence-corrected chi connectivity index (χ4v) is 4.84. The number of aromatic amines is 1. The summed E-state index contributed by atoms with van der Waals surface area (Å²) in [4.78, 5) is 31.5. The molecule has 8 nitrogen and oxygen atoms in total. The van der Waals surface area contributed by atoms with Crippen LogP contribution in [0.15, 0.2) is 78.5 Å². The van der Waals surface area contributed by atoms with E-state index >= 15 is 0 Å². The number of H-pyrrole nitrogens is 1. The number of aliphatic hydroxyl groups excluding tert-OH is 1. The maximum Gasteiger partial charge on any atom is 0.295 e. The van der Waals surface area contributed by atoms with Gasteiger partial charge in [0.2, 0.25) is 0 Å². The number of hydrogen-bond donors (Lipinski definition) is 2. The molecule has 0 aliphatic carbocycles. The molecule has 4 aromatic rings. The number of aliphatic hydroxyl groups is 1. The molecule has 0 saturated carbocycles. The first-order valence-electron chi connectivity index (χ1n) is 11.7. The van der Waals surface area contributed by atoms with Gasteiger partial charge in [0.25, 0.3) is 11.7 Å². The minimum atomic E-state index is -0.876. The molecule has 1 aliphatic rings. The number of nitrogens with one attached hydrogen (secondary N) is 1. The maximum atomic E-state index is 13.5. The van der Waals surface area contributed by atoms with Crippen molar-refractivity contribution in [2.45, 2.75) is 12.6 Å². The van der Waals surface area contributed by atoms with E-state index in [1.165, 1.54) is 19.1 Å². The Labute approximate surface area is 213 Å². The normalized spacial score (nSPS) is 16.8. The van der Waals surface area contributed by atoms with Gasteiger partial charge in [-0.3, -0.25) is 9.59 Å².